The van der Waals surface area contributed by atoms with Gasteiger partial charge in [0.25, 0.3) is 0 Å². The van der Waals surface area contributed by atoms with Crippen molar-refractivity contribution in [1.29, 1.82) is 0 Å². The number of ketones is 1. The van der Waals surface area contributed by atoms with Crippen LogP contribution in [0.25, 0.3) is 11.3 Å². The summed E-state index contributed by atoms with van der Waals surface area (Å²) in [5.74, 6) is 0.156. The number of benzene rings is 2. The van der Waals surface area contributed by atoms with Crippen LogP contribution in [0.1, 0.15) is 40.5 Å². The molecule has 1 aliphatic rings. The number of carbonyl (C=O) groups excluding carboxylic acids is 2. The number of rotatable bonds is 7. The highest BCUT2D eigenvalue weighted by atomic mass is 32.2. The summed E-state index contributed by atoms with van der Waals surface area (Å²) in [6, 6.07) is 12.6. The monoisotopic (exact) mass is 509 g/mol. The number of sulfone groups is 1. The van der Waals surface area contributed by atoms with E-state index in [4.69, 9.17) is 4.52 Å². The van der Waals surface area contributed by atoms with Gasteiger partial charge in [-0.1, -0.05) is 17.3 Å². The van der Waals surface area contributed by atoms with Gasteiger partial charge >= 0.3 is 0 Å². The Kier molecular flexibility index (Phi) is 7.31. The highest BCUT2D eigenvalue weighted by Crippen LogP contribution is 2.29. The van der Waals surface area contributed by atoms with Crippen molar-refractivity contribution in [2.24, 2.45) is 0 Å². The van der Waals surface area contributed by atoms with E-state index >= 15 is 0 Å². The first-order valence-electron chi connectivity index (χ1n) is 12.0. The Morgan fingerprint density at radius 1 is 0.972 bits per heavy atom. The van der Waals surface area contributed by atoms with E-state index in [-0.39, 0.29) is 28.8 Å². The molecule has 0 saturated carbocycles. The third kappa shape index (κ3) is 5.36. The number of nitrogens with zero attached hydrogens (tertiary/aromatic N) is 3. The summed E-state index contributed by atoms with van der Waals surface area (Å²) in [6.45, 7) is 9.34. The first-order valence-corrected chi connectivity index (χ1v) is 13.6. The number of anilines is 1. The molecule has 0 atom stereocenters. The van der Waals surface area contributed by atoms with Gasteiger partial charge in [-0.3, -0.25) is 9.59 Å². The van der Waals surface area contributed by atoms with Crippen molar-refractivity contribution < 1.29 is 22.5 Å². The van der Waals surface area contributed by atoms with Gasteiger partial charge in [-0.05, 0) is 63.6 Å². The number of carbonyl (C=O) groups is 2. The molecule has 2 heterocycles. The molecule has 8 nitrogen and oxygen atoms in total. The average molecular weight is 510 g/mol. The minimum absolute atomic E-state index is 0.0250. The topological polar surface area (TPSA) is 101 Å². The Hall–Kier alpha value is -3.46. The fraction of sp³-hybridized carbons (Fsp3) is 0.370. The molecule has 3 aromatic rings. The van der Waals surface area contributed by atoms with Crippen molar-refractivity contribution in [2.75, 3.05) is 36.8 Å². The molecule has 190 valence electrons. The van der Waals surface area contributed by atoms with E-state index in [0.29, 0.717) is 48.6 Å². The van der Waals surface area contributed by atoms with Crippen molar-refractivity contribution in [2.45, 2.75) is 39.0 Å². The summed E-state index contributed by atoms with van der Waals surface area (Å²) in [4.78, 5) is 28.4. The van der Waals surface area contributed by atoms with Crippen LogP contribution >= 0.6 is 0 Å². The minimum atomic E-state index is -3.67. The maximum Gasteiger partial charge on any atom is 0.223 e. The molecule has 0 radical (unpaired) electrons. The number of piperazine rings is 1. The number of hydrogen-bond donors (Lipinski definition) is 0. The third-order valence-electron chi connectivity index (χ3n) is 6.80. The smallest absolute Gasteiger partial charge is 0.223 e. The first-order chi connectivity index (χ1) is 17.1. The van der Waals surface area contributed by atoms with Crippen molar-refractivity contribution >= 4 is 27.2 Å². The summed E-state index contributed by atoms with van der Waals surface area (Å²) in [5, 5.41) is 3.96. The predicted octanol–water partition coefficient (Wildman–Crippen LogP) is 3.98. The molecule has 1 saturated heterocycles. The SMILES string of the molecule is CC(=O)c1ccc(N2CCN(C(=O)CCS(=O)(=O)c3cc(-c4onc(C)c4C)ccc3C)CC2)cc1. The van der Waals surface area contributed by atoms with E-state index in [0.717, 1.165) is 16.9 Å². The minimum Gasteiger partial charge on any atom is -0.368 e. The van der Waals surface area contributed by atoms with E-state index in [2.05, 4.69) is 10.1 Å². The van der Waals surface area contributed by atoms with Crippen LogP contribution in [0.5, 0.6) is 0 Å². The molecule has 0 aliphatic carbocycles. The summed E-state index contributed by atoms with van der Waals surface area (Å²) < 4.78 is 31.8. The highest BCUT2D eigenvalue weighted by molar-refractivity contribution is 7.91. The standard InChI is InChI=1S/C27H31N3O5S/c1-18-5-6-23(27-19(2)20(3)28-35-27)17-25(18)36(33,34)16-11-26(32)30-14-12-29(13-15-30)24-9-7-22(8-10-24)21(4)31/h5-10,17H,11-16H2,1-4H3. The molecule has 1 aliphatic heterocycles. The van der Waals surface area contributed by atoms with Crippen LogP contribution in [0.4, 0.5) is 5.69 Å². The van der Waals surface area contributed by atoms with Crippen molar-refractivity contribution in [1.82, 2.24) is 10.1 Å². The molecule has 2 aromatic carbocycles. The quantitative estimate of drug-likeness (QED) is 0.444. The van der Waals surface area contributed by atoms with Crippen LogP contribution in [-0.4, -0.2) is 62.1 Å². The van der Waals surface area contributed by atoms with Crippen LogP contribution < -0.4 is 4.90 Å². The van der Waals surface area contributed by atoms with Gasteiger partial charge in [0.2, 0.25) is 5.91 Å². The lowest BCUT2D eigenvalue weighted by Gasteiger charge is -2.36. The molecule has 0 bridgehead atoms. The second-order valence-electron chi connectivity index (χ2n) is 9.24. The molecular weight excluding hydrogens is 478 g/mol. The zero-order valence-corrected chi connectivity index (χ0v) is 21.9. The van der Waals surface area contributed by atoms with Crippen molar-refractivity contribution in [3.05, 3.63) is 64.8 Å². The van der Waals surface area contributed by atoms with Gasteiger partial charge in [-0.2, -0.15) is 0 Å². The Morgan fingerprint density at radius 3 is 2.22 bits per heavy atom. The van der Waals surface area contributed by atoms with Gasteiger partial charge in [0.05, 0.1) is 16.3 Å². The van der Waals surface area contributed by atoms with Gasteiger partial charge in [0.15, 0.2) is 21.4 Å². The van der Waals surface area contributed by atoms with Crippen LogP contribution in [-0.2, 0) is 14.6 Å². The van der Waals surface area contributed by atoms with Crippen LogP contribution in [0, 0.1) is 20.8 Å². The Labute approximate surface area is 211 Å². The summed E-state index contributed by atoms with van der Waals surface area (Å²) in [7, 11) is -3.67. The Balaban J connectivity index is 1.37. The van der Waals surface area contributed by atoms with Gasteiger partial charge in [-0.25, -0.2) is 8.42 Å². The largest absolute Gasteiger partial charge is 0.368 e. The lowest BCUT2D eigenvalue weighted by molar-refractivity contribution is -0.131. The maximum atomic E-state index is 13.2. The molecule has 0 spiro atoms. The van der Waals surface area contributed by atoms with Crippen molar-refractivity contribution in [3.63, 3.8) is 0 Å². The number of amides is 1. The second kappa shape index (κ2) is 10.3. The first kappa shape index (κ1) is 25.6. The fourth-order valence-corrected chi connectivity index (χ4v) is 5.90. The summed E-state index contributed by atoms with van der Waals surface area (Å²) in [5.41, 5.74) is 4.57. The maximum absolute atomic E-state index is 13.2. The van der Waals surface area contributed by atoms with Crippen LogP contribution in [0.3, 0.4) is 0 Å². The molecule has 9 heteroatoms. The lowest BCUT2D eigenvalue weighted by Crippen LogP contribution is -2.49. The van der Waals surface area contributed by atoms with E-state index in [9.17, 15) is 18.0 Å². The highest BCUT2D eigenvalue weighted by Gasteiger charge is 2.25. The zero-order chi connectivity index (χ0) is 26.0. The van der Waals surface area contributed by atoms with Gasteiger partial charge < -0.3 is 14.3 Å². The summed E-state index contributed by atoms with van der Waals surface area (Å²) in [6.07, 6.45) is -0.0697. The Bertz CT molecular complexity index is 1390. The van der Waals surface area contributed by atoms with Gasteiger partial charge in [0.1, 0.15) is 0 Å². The van der Waals surface area contributed by atoms with E-state index in [1.165, 1.54) is 6.92 Å². The number of hydrogen-bond acceptors (Lipinski definition) is 7. The predicted molar refractivity (Wildman–Crippen MR) is 138 cm³/mol. The molecule has 1 aromatic heterocycles. The van der Waals surface area contributed by atoms with Crippen LogP contribution in [0.15, 0.2) is 51.9 Å². The molecule has 1 amide bonds. The van der Waals surface area contributed by atoms with Crippen molar-refractivity contribution in [3.8, 4) is 11.3 Å². The normalized spacial score (nSPS) is 14.2. The van der Waals surface area contributed by atoms with Crippen LogP contribution in [0.2, 0.25) is 0 Å². The number of aromatic nitrogens is 1. The fourth-order valence-electron chi connectivity index (χ4n) is 4.37. The third-order valence-corrected chi connectivity index (χ3v) is 8.65. The number of aryl methyl sites for hydroxylation is 2. The second-order valence-corrected chi connectivity index (χ2v) is 11.3. The van der Waals surface area contributed by atoms with E-state index in [1.54, 1.807) is 24.0 Å². The van der Waals surface area contributed by atoms with Gasteiger partial charge in [0, 0.05) is 55.0 Å². The Morgan fingerprint density at radius 2 is 1.64 bits per heavy atom. The number of Topliss-reactive ketones (excluding diaryl/α,β-unsaturated/α-hetero) is 1. The summed E-state index contributed by atoms with van der Waals surface area (Å²) >= 11 is 0. The molecule has 0 N–H and O–H groups in total. The average Bonchev–Trinajstić information content (AvgIpc) is 3.21. The molecular formula is C27H31N3O5S. The molecule has 36 heavy (non-hydrogen) atoms. The lowest BCUT2D eigenvalue weighted by atomic mass is 10.1. The van der Waals surface area contributed by atoms with Gasteiger partial charge in [-0.15, -0.1) is 0 Å². The molecule has 1 fully saturated rings. The van der Waals surface area contributed by atoms with E-state index < -0.39 is 9.84 Å². The van der Waals surface area contributed by atoms with E-state index in [1.807, 2.05) is 44.2 Å². The molecule has 4 rings (SSSR count). The zero-order valence-electron chi connectivity index (χ0n) is 21.1. The molecule has 0 unspecified atom stereocenters.